The van der Waals surface area contributed by atoms with Crippen molar-refractivity contribution < 1.29 is 9.47 Å². The van der Waals surface area contributed by atoms with Gasteiger partial charge in [0.2, 0.25) is 0 Å². The summed E-state index contributed by atoms with van der Waals surface area (Å²) in [5.41, 5.74) is 2.51. The Kier molecular flexibility index (Phi) is 5.37. The summed E-state index contributed by atoms with van der Waals surface area (Å²) in [6.45, 7) is 6.41. The van der Waals surface area contributed by atoms with Crippen LogP contribution in [0.5, 0.6) is 0 Å². The summed E-state index contributed by atoms with van der Waals surface area (Å²) in [6, 6.07) is 8.43. The average molecular weight is 208 g/mol. The first-order valence-electron chi connectivity index (χ1n) is 5.34. The van der Waals surface area contributed by atoms with Gasteiger partial charge in [-0.25, -0.2) is 0 Å². The third kappa shape index (κ3) is 4.96. The van der Waals surface area contributed by atoms with Crippen LogP contribution in [-0.2, 0) is 16.1 Å². The van der Waals surface area contributed by atoms with Crippen molar-refractivity contribution in [1.29, 1.82) is 0 Å². The molecule has 2 nitrogen and oxygen atoms in total. The molecular formula is C13H20O2. The standard InChI is InChI=1S/C13H20O2/c1-11-4-6-13(7-5-11)10-15-9-12(2)8-14-3/h4-7,12H,8-10H2,1-3H3. The minimum Gasteiger partial charge on any atom is -0.384 e. The van der Waals surface area contributed by atoms with Crippen LogP contribution in [0.1, 0.15) is 18.1 Å². The molecule has 15 heavy (non-hydrogen) atoms. The van der Waals surface area contributed by atoms with Crippen LogP contribution < -0.4 is 0 Å². The third-order valence-corrected chi connectivity index (χ3v) is 2.24. The second kappa shape index (κ2) is 6.59. The van der Waals surface area contributed by atoms with Gasteiger partial charge in [-0.05, 0) is 12.5 Å². The lowest BCUT2D eigenvalue weighted by Gasteiger charge is -2.10. The van der Waals surface area contributed by atoms with E-state index in [1.54, 1.807) is 7.11 Å². The quantitative estimate of drug-likeness (QED) is 0.715. The van der Waals surface area contributed by atoms with Gasteiger partial charge in [0.15, 0.2) is 0 Å². The van der Waals surface area contributed by atoms with Crippen LogP contribution in [0.15, 0.2) is 24.3 Å². The molecule has 84 valence electrons. The number of rotatable bonds is 6. The van der Waals surface area contributed by atoms with E-state index in [0.29, 0.717) is 12.5 Å². The molecule has 0 saturated carbocycles. The maximum Gasteiger partial charge on any atom is 0.0717 e. The van der Waals surface area contributed by atoms with Crippen molar-refractivity contribution in [1.82, 2.24) is 0 Å². The van der Waals surface area contributed by atoms with Gasteiger partial charge in [0.05, 0.1) is 19.8 Å². The topological polar surface area (TPSA) is 18.5 Å². The highest BCUT2D eigenvalue weighted by Crippen LogP contribution is 2.05. The molecule has 0 spiro atoms. The molecule has 0 saturated heterocycles. The van der Waals surface area contributed by atoms with Gasteiger partial charge in [0.1, 0.15) is 0 Å². The Morgan fingerprint density at radius 3 is 2.40 bits per heavy atom. The molecule has 0 amide bonds. The molecule has 0 N–H and O–H groups in total. The summed E-state index contributed by atoms with van der Waals surface area (Å²) in [5.74, 6) is 0.459. The van der Waals surface area contributed by atoms with E-state index >= 15 is 0 Å². The molecule has 0 aliphatic carbocycles. The molecule has 1 atom stereocenters. The predicted octanol–water partition coefficient (Wildman–Crippen LogP) is 2.79. The first-order valence-corrected chi connectivity index (χ1v) is 5.34. The number of ether oxygens (including phenoxy) is 2. The molecule has 0 heterocycles. The molecular weight excluding hydrogens is 188 g/mol. The van der Waals surface area contributed by atoms with E-state index in [1.165, 1.54) is 11.1 Å². The first kappa shape index (κ1) is 12.2. The Balaban J connectivity index is 2.22. The fraction of sp³-hybridized carbons (Fsp3) is 0.538. The van der Waals surface area contributed by atoms with E-state index in [1.807, 2.05) is 0 Å². The lowest BCUT2D eigenvalue weighted by Crippen LogP contribution is -2.11. The number of hydrogen-bond acceptors (Lipinski definition) is 2. The van der Waals surface area contributed by atoms with Crippen molar-refractivity contribution >= 4 is 0 Å². The highest BCUT2D eigenvalue weighted by atomic mass is 16.5. The fourth-order valence-electron chi connectivity index (χ4n) is 1.39. The summed E-state index contributed by atoms with van der Waals surface area (Å²) in [6.07, 6.45) is 0. The van der Waals surface area contributed by atoms with Gasteiger partial charge in [0.25, 0.3) is 0 Å². The van der Waals surface area contributed by atoms with Crippen LogP contribution in [0.4, 0.5) is 0 Å². The number of hydrogen-bond donors (Lipinski definition) is 0. The van der Waals surface area contributed by atoms with Gasteiger partial charge in [-0.3, -0.25) is 0 Å². The Bertz CT molecular complexity index is 266. The van der Waals surface area contributed by atoms with Crippen molar-refractivity contribution in [3.63, 3.8) is 0 Å². The molecule has 1 aromatic rings. The molecule has 0 aliphatic rings. The van der Waals surface area contributed by atoms with E-state index in [-0.39, 0.29) is 0 Å². The van der Waals surface area contributed by atoms with Crippen LogP contribution in [-0.4, -0.2) is 20.3 Å². The van der Waals surface area contributed by atoms with Crippen molar-refractivity contribution in [3.05, 3.63) is 35.4 Å². The number of aryl methyl sites for hydroxylation is 1. The highest BCUT2D eigenvalue weighted by Gasteiger charge is 2.01. The van der Waals surface area contributed by atoms with Crippen LogP contribution >= 0.6 is 0 Å². The molecule has 0 bridgehead atoms. The third-order valence-electron chi connectivity index (χ3n) is 2.24. The van der Waals surface area contributed by atoms with Crippen molar-refractivity contribution in [3.8, 4) is 0 Å². The zero-order chi connectivity index (χ0) is 11.1. The SMILES string of the molecule is COCC(C)COCc1ccc(C)cc1. The van der Waals surface area contributed by atoms with Crippen molar-refractivity contribution in [2.75, 3.05) is 20.3 Å². The number of methoxy groups -OCH3 is 1. The molecule has 0 aromatic heterocycles. The summed E-state index contributed by atoms with van der Waals surface area (Å²) >= 11 is 0. The van der Waals surface area contributed by atoms with Crippen LogP contribution in [0.3, 0.4) is 0 Å². The van der Waals surface area contributed by atoms with Gasteiger partial charge in [-0.1, -0.05) is 36.8 Å². The minimum absolute atomic E-state index is 0.459. The predicted molar refractivity (Wildman–Crippen MR) is 61.9 cm³/mol. The van der Waals surface area contributed by atoms with Crippen LogP contribution in [0.2, 0.25) is 0 Å². The van der Waals surface area contributed by atoms with Crippen molar-refractivity contribution in [2.24, 2.45) is 5.92 Å². The fourth-order valence-corrected chi connectivity index (χ4v) is 1.39. The van der Waals surface area contributed by atoms with E-state index in [9.17, 15) is 0 Å². The first-order chi connectivity index (χ1) is 7.22. The smallest absolute Gasteiger partial charge is 0.0717 e. The van der Waals surface area contributed by atoms with Gasteiger partial charge in [0, 0.05) is 13.0 Å². The van der Waals surface area contributed by atoms with E-state index < -0.39 is 0 Å². The minimum atomic E-state index is 0.459. The van der Waals surface area contributed by atoms with Gasteiger partial charge in [-0.15, -0.1) is 0 Å². The molecule has 2 heteroatoms. The summed E-state index contributed by atoms with van der Waals surface area (Å²) < 4.78 is 10.6. The van der Waals surface area contributed by atoms with E-state index in [4.69, 9.17) is 9.47 Å². The molecule has 0 aliphatic heterocycles. The maximum atomic E-state index is 5.59. The Morgan fingerprint density at radius 2 is 1.80 bits per heavy atom. The van der Waals surface area contributed by atoms with Gasteiger partial charge >= 0.3 is 0 Å². The zero-order valence-corrected chi connectivity index (χ0v) is 9.82. The van der Waals surface area contributed by atoms with Crippen molar-refractivity contribution in [2.45, 2.75) is 20.5 Å². The largest absolute Gasteiger partial charge is 0.384 e. The summed E-state index contributed by atoms with van der Waals surface area (Å²) in [7, 11) is 1.72. The maximum absolute atomic E-state index is 5.59. The molecule has 0 fully saturated rings. The van der Waals surface area contributed by atoms with E-state index in [2.05, 4.69) is 38.1 Å². The highest BCUT2D eigenvalue weighted by molar-refractivity contribution is 5.20. The van der Waals surface area contributed by atoms with Gasteiger partial charge in [-0.2, -0.15) is 0 Å². The lowest BCUT2D eigenvalue weighted by molar-refractivity contribution is 0.0561. The van der Waals surface area contributed by atoms with Crippen LogP contribution in [0.25, 0.3) is 0 Å². The molecule has 1 rings (SSSR count). The van der Waals surface area contributed by atoms with Gasteiger partial charge < -0.3 is 9.47 Å². The normalized spacial score (nSPS) is 12.7. The monoisotopic (exact) mass is 208 g/mol. The summed E-state index contributed by atoms with van der Waals surface area (Å²) in [5, 5.41) is 0. The molecule has 1 aromatic carbocycles. The Morgan fingerprint density at radius 1 is 1.13 bits per heavy atom. The Labute approximate surface area is 92.2 Å². The second-order valence-corrected chi connectivity index (χ2v) is 4.06. The Hall–Kier alpha value is -0.860. The van der Waals surface area contributed by atoms with Crippen LogP contribution in [0, 0.1) is 12.8 Å². The van der Waals surface area contributed by atoms with E-state index in [0.717, 1.165) is 13.2 Å². The molecule has 1 unspecified atom stereocenters. The zero-order valence-electron chi connectivity index (χ0n) is 9.82. The molecule has 0 radical (unpaired) electrons. The lowest BCUT2D eigenvalue weighted by atomic mass is 10.2. The average Bonchev–Trinajstić information content (AvgIpc) is 2.21. The second-order valence-electron chi connectivity index (χ2n) is 4.06. The summed E-state index contributed by atoms with van der Waals surface area (Å²) in [4.78, 5) is 0. The number of benzene rings is 1.